The van der Waals surface area contributed by atoms with E-state index in [9.17, 15) is 0 Å². The molecular formula is C7H11N3O. The van der Waals surface area contributed by atoms with E-state index in [2.05, 4.69) is 16.7 Å². The van der Waals surface area contributed by atoms with E-state index in [0.29, 0.717) is 6.61 Å². The second-order valence-corrected chi connectivity index (χ2v) is 2.10. The summed E-state index contributed by atoms with van der Waals surface area (Å²) >= 11 is 0. The summed E-state index contributed by atoms with van der Waals surface area (Å²) in [6, 6.07) is 0. The highest BCUT2D eigenvalue weighted by molar-refractivity contribution is 4.65. The number of aromatic nitrogens is 3. The van der Waals surface area contributed by atoms with Crippen LogP contribution in [0.1, 0.15) is 13.2 Å². The lowest BCUT2D eigenvalue weighted by molar-refractivity contribution is 0.0254. The van der Waals surface area contributed by atoms with Crippen molar-refractivity contribution in [2.45, 2.75) is 13.2 Å². The lowest BCUT2D eigenvalue weighted by Gasteiger charge is -2.10. The molecule has 0 saturated carbocycles. The highest BCUT2D eigenvalue weighted by atomic mass is 16.5. The number of ether oxygens (including phenoxy) is 1. The van der Waals surface area contributed by atoms with Gasteiger partial charge in [-0.3, -0.25) is 0 Å². The molecule has 0 bridgehead atoms. The molecule has 4 nitrogen and oxygen atoms in total. The minimum Gasteiger partial charge on any atom is -0.353 e. The molecule has 0 N–H and O–H groups in total. The average molecular weight is 153 g/mol. The first-order chi connectivity index (χ1) is 5.34. The van der Waals surface area contributed by atoms with Crippen molar-refractivity contribution in [3.63, 3.8) is 0 Å². The van der Waals surface area contributed by atoms with E-state index in [-0.39, 0.29) is 6.23 Å². The molecule has 1 unspecified atom stereocenters. The van der Waals surface area contributed by atoms with E-state index >= 15 is 0 Å². The molecule has 1 aromatic rings. The summed E-state index contributed by atoms with van der Waals surface area (Å²) in [7, 11) is 0. The molecular weight excluding hydrogens is 142 g/mol. The van der Waals surface area contributed by atoms with Crippen molar-refractivity contribution >= 4 is 0 Å². The first kappa shape index (κ1) is 7.94. The number of hydrogen-bond donors (Lipinski definition) is 0. The van der Waals surface area contributed by atoms with Crippen LogP contribution in [-0.2, 0) is 4.74 Å². The van der Waals surface area contributed by atoms with E-state index in [1.165, 1.54) is 6.33 Å². The minimum atomic E-state index is -0.0736. The van der Waals surface area contributed by atoms with Gasteiger partial charge in [-0.25, -0.2) is 9.67 Å². The number of hydrogen-bond acceptors (Lipinski definition) is 3. The minimum absolute atomic E-state index is 0.0736. The quantitative estimate of drug-likeness (QED) is 0.606. The summed E-state index contributed by atoms with van der Waals surface area (Å²) in [5.41, 5.74) is 0. The Kier molecular flexibility index (Phi) is 2.80. The first-order valence-corrected chi connectivity index (χ1v) is 3.41. The fourth-order valence-electron chi connectivity index (χ4n) is 0.689. The molecule has 60 valence electrons. The molecule has 1 atom stereocenters. The van der Waals surface area contributed by atoms with Crippen molar-refractivity contribution in [3.05, 3.63) is 25.3 Å². The Hall–Kier alpha value is -1.16. The molecule has 0 saturated heterocycles. The summed E-state index contributed by atoms with van der Waals surface area (Å²) in [6.45, 7) is 5.97. The molecule has 0 spiro atoms. The molecule has 0 aromatic carbocycles. The zero-order valence-electron chi connectivity index (χ0n) is 6.47. The molecule has 11 heavy (non-hydrogen) atoms. The van der Waals surface area contributed by atoms with E-state index in [4.69, 9.17) is 4.74 Å². The summed E-state index contributed by atoms with van der Waals surface area (Å²) in [6.07, 6.45) is 4.73. The second-order valence-electron chi connectivity index (χ2n) is 2.10. The van der Waals surface area contributed by atoms with Crippen molar-refractivity contribution in [2.24, 2.45) is 0 Å². The third-order valence-corrected chi connectivity index (χ3v) is 1.26. The number of nitrogens with zero attached hydrogens (tertiary/aromatic N) is 3. The third-order valence-electron chi connectivity index (χ3n) is 1.26. The van der Waals surface area contributed by atoms with Crippen LogP contribution in [0.5, 0.6) is 0 Å². The summed E-state index contributed by atoms with van der Waals surface area (Å²) in [5.74, 6) is 0. The molecule has 0 amide bonds. The normalized spacial score (nSPS) is 12.8. The van der Waals surface area contributed by atoms with Crippen LogP contribution < -0.4 is 0 Å². The molecule has 0 fully saturated rings. The fourth-order valence-corrected chi connectivity index (χ4v) is 0.689. The molecule has 1 aromatic heterocycles. The Morgan fingerprint density at radius 3 is 3.18 bits per heavy atom. The van der Waals surface area contributed by atoms with Gasteiger partial charge in [-0.05, 0) is 6.92 Å². The largest absolute Gasteiger partial charge is 0.353 e. The predicted molar refractivity (Wildman–Crippen MR) is 40.9 cm³/mol. The lowest BCUT2D eigenvalue weighted by atomic mass is 10.6. The molecule has 0 aliphatic carbocycles. The van der Waals surface area contributed by atoms with Crippen LogP contribution >= 0.6 is 0 Å². The van der Waals surface area contributed by atoms with E-state index in [0.717, 1.165) is 0 Å². The van der Waals surface area contributed by atoms with Gasteiger partial charge in [0.25, 0.3) is 0 Å². The van der Waals surface area contributed by atoms with Gasteiger partial charge in [0.05, 0.1) is 6.61 Å². The zero-order chi connectivity index (χ0) is 8.10. The Bertz CT molecular complexity index is 207. The fraction of sp³-hybridized carbons (Fsp3) is 0.429. The molecule has 4 heteroatoms. The van der Waals surface area contributed by atoms with Crippen molar-refractivity contribution in [2.75, 3.05) is 6.61 Å². The zero-order valence-corrected chi connectivity index (χ0v) is 6.47. The van der Waals surface area contributed by atoms with Gasteiger partial charge in [0.1, 0.15) is 18.9 Å². The van der Waals surface area contributed by atoms with Gasteiger partial charge >= 0.3 is 0 Å². The van der Waals surface area contributed by atoms with Crippen LogP contribution in [0.3, 0.4) is 0 Å². The van der Waals surface area contributed by atoms with Gasteiger partial charge in [0.2, 0.25) is 0 Å². The monoisotopic (exact) mass is 153 g/mol. The molecule has 1 heterocycles. The van der Waals surface area contributed by atoms with Crippen LogP contribution in [0.15, 0.2) is 25.3 Å². The van der Waals surface area contributed by atoms with Gasteiger partial charge in [-0.2, -0.15) is 5.10 Å². The van der Waals surface area contributed by atoms with Gasteiger partial charge in [-0.15, -0.1) is 6.58 Å². The SMILES string of the molecule is C=CCOC(C)n1cncn1. The topological polar surface area (TPSA) is 39.9 Å². The van der Waals surface area contributed by atoms with Crippen molar-refractivity contribution in [3.8, 4) is 0 Å². The Labute approximate surface area is 65.5 Å². The van der Waals surface area contributed by atoms with E-state index in [1.807, 2.05) is 6.92 Å². The Morgan fingerprint density at radius 1 is 1.82 bits per heavy atom. The summed E-state index contributed by atoms with van der Waals surface area (Å²) in [5, 5.41) is 3.92. The predicted octanol–water partition coefficient (Wildman–Crippen LogP) is 0.999. The van der Waals surface area contributed by atoms with Gasteiger partial charge in [-0.1, -0.05) is 6.08 Å². The van der Waals surface area contributed by atoms with Gasteiger partial charge in [0, 0.05) is 0 Å². The van der Waals surface area contributed by atoms with Crippen molar-refractivity contribution in [1.29, 1.82) is 0 Å². The number of rotatable bonds is 4. The van der Waals surface area contributed by atoms with Crippen LogP contribution in [-0.4, -0.2) is 21.4 Å². The van der Waals surface area contributed by atoms with E-state index < -0.39 is 0 Å². The Balaban J connectivity index is 2.42. The highest BCUT2D eigenvalue weighted by Crippen LogP contribution is 2.02. The van der Waals surface area contributed by atoms with Crippen LogP contribution in [0.25, 0.3) is 0 Å². The van der Waals surface area contributed by atoms with Crippen molar-refractivity contribution in [1.82, 2.24) is 14.8 Å². The molecule has 0 radical (unpaired) electrons. The van der Waals surface area contributed by atoms with Gasteiger partial charge in [0.15, 0.2) is 0 Å². The smallest absolute Gasteiger partial charge is 0.149 e. The van der Waals surface area contributed by atoms with Crippen LogP contribution in [0.4, 0.5) is 0 Å². The summed E-state index contributed by atoms with van der Waals surface area (Å²) in [4.78, 5) is 3.80. The first-order valence-electron chi connectivity index (χ1n) is 3.41. The maximum atomic E-state index is 5.28. The standard InChI is InChI=1S/C7H11N3O/c1-3-4-11-7(2)10-6-8-5-9-10/h3,5-7H,1,4H2,2H3. The molecule has 0 aliphatic heterocycles. The van der Waals surface area contributed by atoms with Crippen molar-refractivity contribution < 1.29 is 4.74 Å². The highest BCUT2D eigenvalue weighted by Gasteiger charge is 2.01. The molecule has 1 rings (SSSR count). The lowest BCUT2D eigenvalue weighted by Crippen LogP contribution is -2.09. The van der Waals surface area contributed by atoms with Crippen LogP contribution in [0.2, 0.25) is 0 Å². The van der Waals surface area contributed by atoms with Gasteiger partial charge < -0.3 is 4.74 Å². The Morgan fingerprint density at radius 2 is 2.64 bits per heavy atom. The maximum absolute atomic E-state index is 5.28. The second kappa shape index (κ2) is 3.88. The third kappa shape index (κ3) is 2.16. The molecule has 0 aliphatic rings. The van der Waals surface area contributed by atoms with E-state index in [1.54, 1.807) is 17.1 Å². The maximum Gasteiger partial charge on any atom is 0.149 e. The summed E-state index contributed by atoms with van der Waals surface area (Å²) < 4.78 is 6.92. The van der Waals surface area contributed by atoms with Crippen LogP contribution in [0, 0.1) is 0 Å². The average Bonchev–Trinajstić information content (AvgIpc) is 2.52.